The van der Waals surface area contributed by atoms with E-state index in [1.165, 1.54) is 23.9 Å². The van der Waals surface area contributed by atoms with E-state index in [0.717, 1.165) is 22.3 Å². The van der Waals surface area contributed by atoms with Gasteiger partial charge in [0.05, 0.1) is 10.7 Å². The number of nitro groups is 1. The lowest BCUT2D eigenvalue weighted by Crippen LogP contribution is -2.54. The molecule has 0 aromatic heterocycles. The van der Waals surface area contributed by atoms with Crippen LogP contribution in [0.3, 0.4) is 0 Å². The average molecular weight is 534 g/mol. The summed E-state index contributed by atoms with van der Waals surface area (Å²) in [7, 11) is 0. The van der Waals surface area contributed by atoms with Gasteiger partial charge < -0.3 is 10.2 Å². The van der Waals surface area contributed by atoms with Crippen LogP contribution < -0.4 is 5.32 Å². The third kappa shape index (κ3) is 8.73. The molecule has 0 saturated carbocycles. The largest absolute Gasteiger partial charge is 0.350 e. The van der Waals surface area contributed by atoms with Crippen molar-refractivity contribution in [3.63, 3.8) is 0 Å². The molecule has 0 radical (unpaired) electrons. The fraction of sp³-hybridized carbons (Fsp3) is 0.333. The molecule has 1 atom stereocenters. The summed E-state index contributed by atoms with van der Waals surface area (Å²) in [5, 5.41) is 14.0. The van der Waals surface area contributed by atoms with Gasteiger partial charge in [0, 0.05) is 36.4 Å². The van der Waals surface area contributed by atoms with E-state index in [0.29, 0.717) is 18.7 Å². The van der Waals surface area contributed by atoms with Crippen molar-refractivity contribution in [1.82, 2.24) is 10.2 Å². The first-order valence-electron chi connectivity index (χ1n) is 12.5. The molecular weight excluding hydrogens is 498 g/mol. The summed E-state index contributed by atoms with van der Waals surface area (Å²) >= 11 is 1.43. The molecule has 3 aromatic rings. The second kappa shape index (κ2) is 13.2. The molecule has 1 unspecified atom stereocenters. The molecule has 0 spiro atoms. The lowest BCUT2D eigenvalue weighted by molar-refractivity contribution is -0.384. The molecule has 3 rings (SSSR count). The Bertz CT molecular complexity index is 1240. The molecule has 38 heavy (non-hydrogen) atoms. The molecule has 0 aliphatic heterocycles. The number of thioether (sulfide) groups is 1. The van der Waals surface area contributed by atoms with Gasteiger partial charge in [-0.15, -0.1) is 11.8 Å². The van der Waals surface area contributed by atoms with Crippen LogP contribution in [0.1, 0.15) is 43.0 Å². The van der Waals surface area contributed by atoms with Crippen molar-refractivity contribution in [2.45, 2.75) is 58.0 Å². The summed E-state index contributed by atoms with van der Waals surface area (Å²) in [6, 6.07) is 23.3. The number of nitrogens with one attached hydrogen (secondary N) is 1. The predicted molar refractivity (Wildman–Crippen MR) is 153 cm³/mol. The zero-order chi connectivity index (χ0) is 27.7. The molecule has 8 heteroatoms. The SMILES string of the molecule is Cc1ccccc1CN(C(=O)CSCc1ccc([N+](=O)[O-])cc1)C(Cc1ccccc1)C(=O)NC(C)(C)C. The van der Waals surface area contributed by atoms with Crippen LogP contribution in [0.15, 0.2) is 78.9 Å². The van der Waals surface area contributed by atoms with E-state index in [-0.39, 0.29) is 23.3 Å². The molecule has 200 valence electrons. The van der Waals surface area contributed by atoms with Crippen LogP contribution in [-0.4, -0.2) is 39.0 Å². The van der Waals surface area contributed by atoms with E-state index >= 15 is 0 Å². The van der Waals surface area contributed by atoms with Crippen molar-refractivity contribution in [3.05, 3.63) is 111 Å². The van der Waals surface area contributed by atoms with Crippen molar-refractivity contribution >= 4 is 29.3 Å². The number of nitro benzene ring substituents is 1. The number of hydrogen-bond acceptors (Lipinski definition) is 5. The summed E-state index contributed by atoms with van der Waals surface area (Å²) < 4.78 is 0. The summed E-state index contributed by atoms with van der Waals surface area (Å²) in [6.07, 6.45) is 0.396. The summed E-state index contributed by atoms with van der Waals surface area (Å²) in [4.78, 5) is 39.5. The maximum atomic E-state index is 13.7. The lowest BCUT2D eigenvalue weighted by atomic mass is 10.00. The number of non-ortho nitro benzene ring substituents is 1. The van der Waals surface area contributed by atoms with E-state index in [1.54, 1.807) is 17.0 Å². The topological polar surface area (TPSA) is 92.6 Å². The Morgan fingerprint density at radius 2 is 1.58 bits per heavy atom. The zero-order valence-electron chi connectivity index (χ0n) is 22.3. The Labute approximate surface area is 228 Å². The van der Waals surface area contributed by atoms with E-state index in [2.05, 4.69) is 5.32 Å². The highest BCUT2D eigenvalue weighted by molar-refractivity contribution is 7.99. The highest BCUT2D eigenvalue weighted by Crippen LogP contribution is 2.21. The van der Waals surface area contributed by atoms with Crippen LogP contribution in [0.2, 0.25) is 0 Å². The van der Waals surface area contributed by atoms with Gasteiger partial charge >= 0.3 is 0 Å². The Balaban J connectivity index is 1.85. The lowest BCUT2D eigenvalue weighted by Gasteiger charge is -2.34. The van der Waals surface area contributed by atoms with Crippen molar-refractivity contribution in [2.75, 3.05) is 5.75 Å². The predicted octanol–water partition coefficient (Wildman–Crippen LogP) is 5.69. The van der Waals surface area contributed by atoms with Crippen LogP contribution >= 0.6 is 11.8 Å². The normalized spacial score (nSPS) is 12.0. The Morgan fingerprint density at radius 1 is 0.947 bits per heavy atom. The molecule has 0 aliphatic carbocycles. The molecule has 0 fully saturated rings. The fourth-order valence-corrected chi connectivity index (χ4v) is 4.90. The maximum absolute atomic E-state index is 13.7. The number of carbonyl (C=O) groups excluding carboxylic acids is 2. The van der Waals surface area contributed by atoms with Gasteiger partial charge in [0.15, 0.2) is 0 Å². The molecule has 0 heterocycles. The summed E-state index contributed by atoms with van der Waals surface area (Å²) in [5.74, 6) is 0.380. The number of hydrogen-bond donors (Lipinski definition) is 1. The van der Waals surface area contributed by atoms with Crippen LogP contribution in [0.25, 0.3) is 0 Å². The van der Waals surface area contributed by atoms with Crippen molar-refractivity contribution in [1.29, 1.82) is 0 Å². The van der Waals surface area contributed by atoms with Crippen molar-refractivity contribution in [2.24, 2.45) is 0 Å². The van der Waals surface area contributed by atoms with Crippen LogP contribution in [0.5, 0.6) is 0 Å². The molecule has 0 saturated heterocycles. The van der Waals surface area contributed by atoms with Crippen LogP contribution in [0, 0.1) is 17.0 Å². The Hall–Kier alpha value is -3.65. The first kappa shape index (κ1) is 28.9. The average Bonchev–Trinajstić information content (AvgIpc) is 2.87. The van der Waals surface area contributed by atoms with Gasteiger partial charge in [-0.2, -0.15) is 0 Å². The highest BCUT2D eigenvalue weighted by atomic mass is 32.2. The molecule has 3 aromatic carbocycles. The van der Waals surface area contributed by atoms with E-state index < -0.39 is 16.5 Å². The highest BCUT2D eigenvalue weighted by Gasteiger charge is 2.32. The third-order valence-corrected chi connectivity index (χ3v) is 7.00. The van der Waals surface area contributed by atoms with Crippen LogP contribution in [0.4, 0.5) is 5.69 Å². The number of nitrogens with zero attached hydrogens (tertiary/aromatic N) is 2. The van der Waals surface area contributed by atoms with Crippen LogP contribution in [-0.2, 0) is 28.3 Å². The van der Waals surface area contributed by atoms with Gasteiger partial charge in [0.2, 0.25) is 11.8 Å². The van der Waals surface area contributed by atoms with Gasteiger partial charge in [-0.1, -0.05) is 66.7 Å². The first-order valence-corrected chi connectivity index (χ1v) is 13.7. The van der Waals surface area contributed by atoms with Crippen molar-refractivity contribution in [3.8, 4) is 0 Å². The molecule has 2 amide bonds. The molecule has 0 bridgehead atoms. The van der Waals surface area contributed by atoms with Gasteiger partial charge in [-0.25, -0.2) is 0 Å². The third-order valence-electron chi connectivity index (χ3n) is 6.01. The second-order valence-corrected chi connectivity index (χ2v) is 11.3. The molecule has 0 aliphatic rings. The molecule has 7 nitrogen and oxygen atoms in total. The number of rotatable bonds is 11. The fourth-order valence-electron chi connectivity index (χ4n) is 4.03. The molecule has 1 N–H and O–H groups in total. The minimum absolute atomic E-state index is 0.0350. The van der Waals surface area contributed by atoms with Gasteiger partial charge in [-0.3, -0.25) is 19.7 Å². The van der Waals surface area contributed by atoms with E-state index in [1.807, 2.05) is 82.3 Å². The smallest absolute Gasteiger partial charge is 0.269 e. The summed E-state index contributed by atoms with van der Waals surface area (Å²) in [6.45, 7) is 8.11. The number of aryl methyl sites for hydroxylation is 1. The molecular formula is C30H35N3O4S. The zero-order valence-corrected chi connectivity index (χ0v) is 23.2. The van der Waals surface area contributed by atoms with Gasteiger partial charge in [-0.05, 0) is 49.9 Å². The number of benzene rings is 3. The Kier molecular flexibility index (Phi) is 10.1. The number of carbonyl (C=O) groups is 2. The van der Waals surface area contributed by atoms with Crippen molar-refractivity contribution < 1.29 is 14.5 Å². The van der Waals surface area contributed by atoms with E-state index in [9.17, 15) is 19.7 Å². The standard InChI is InChI=1S/C30H35N3O4S/c1-22-10-8-9-13-25(22)19-32(28(34)21-38-20-24-14-16-26(17-15-24)33(36)37)27(29(35)31-30(2,3)4)18-23-11-6-5-7-12-23/h5-17,27H,18-21H2,1-4H3,(H,31,35). The maximum Gasteiger partial charge on any atom is 0.269 e. The Morgan fingerprint density at radius 3 is 2.18 bits per heavy atom. The summed E-state index contributed by atoms with van der Waals surface area (Å²) in [5.41, 5.74) is 3.50. The minimum atomic E-state index is -0.691. The first-order chi connectivity index (χ1) is 18.0. The number of amides is 2. The quantitative estimate of drug-likeness (QED) is 0.252. The van der Waals surface area contributed by atoms with Gasteiger partial charge in [0.1, 0.15) is 6.04 Å². The minimum Gasteiger partial charge on any atom is -0.350 e. The monoisotopic (exact) mass is 533 g/mol. The second-order valence-electron chi connectivity index (χ2n) is 10.3. The van der Waals surface area contributed by atoms with Gasteiger partial charge in [0.25, 0.3) is 5.69 Å². The van der Waals surface area contributed by atoms with E-state index in [4.69, 9.17) is 0 Å².